The van der Waals surface area contributed by atoms with Crippen molar-refractivity contribution in [2.24, 2.45) is 0 Å². The molecule has 0 aliphatic heterocycles. The van der Waals surface area contributed by atoms with Crippen molar-refractivity contribution in [1.29, 1.82) is 0 Å². The van der Waals surface area contributed by atoms with Gasteiger partial charge in [-0.15, -0.1) is 0 Å². The van der Waals surface area contributed by atoms with Gasteiger partial charge in [0.1, 0.15) is 0 Å². The third-order valence-electron chi connectivity index (χ3n) is 3.55. The third kappa shape index (κ3) is 3.31. The molecule has 1 unspecified atom stereocenters. The lowest BCUT2D eigenvalue weighted by Crippen LogP contribution is -2.28. The van der Waals surface area contributed by atoms with Crippen molar-refractivity contribution >= 4 is 22.7 Å². The molecule has 4 heteroatoms. The van der Waals surface area contributed by atoms with Gasteiger partial charge >= 0.3 is 0 Å². The number of fused-ring (bicyclic) bond motifs is 1. The second-order valence-corrected chi connectivity index (χ2v) is 5.74. The van der Waals surface area contributed by atoms with Crippen molar-refractivity contribution in [3.05, 3.63) is 30.0 Å². The summed E-state index contributed by atoms with van der Waals surface area (Å²) < 4.78 is 2.10. The summed E-state index contributed by atoms with van der Waals surface area (Å²) in [5.41, 5.74) is 2.47. The van der Waals surface area contributed by atoms with E-state index in [2.05, 4.69) is 47.4 Å². The Morgan fingerprint density at radius 3 is 2.84 bits per heavy atom. The number of para-hydroxylation sites is 1. The Morgan fingerprint density at radius 2 is 2.16 bits per heavy atom. The summed E-state index contributed by atoms with van der Waals surface area (Å²) >= 11 is 1.90. The fraction of sp³-hybridized carbons (Fsp3) is 0.533. The van der Waals surface area contributed by atoms with Crippen LogP contribution < -0.4 is 5.32 Å². The molecule has 104 valence electrons. The van der Waals surface area contributed by atoms with E-state index in [0.29, 0.717) is 6.04 Å². The van der Waals surface area contributed by atoms with Gasteiger partial charge in [0.25, 0.3) is 0 Å². The van der Waals surface area contributed by atoms with Gasteiger partial charge in [0.05, 0.1) is 11.2 Å². The number of aromatic nitrogens is 2. The van der Waals surface area contributed by atoms with Crippen molar-refractivity contribution < 1.29 is 0 Å². The van der Waals surface area contributed by atoms with Crippen molar-refractivity contribution in [3.8, 4) is 0 Å². The Labute approximate surface area is 119 Å². The summed E-state index contributed by atoms with van der Waals surface area (Å²) in [6.07, 6.45) is 4.35. The molecule has 1 N–H and O–H groups in total. The fourth-order valence-electron chi connectivity index (χ4n) is 2.43. The molecule has 2 aromatic rings. The van der Waals surface area contributed by atoms with Crippen LogP contribution >= 0.6 is 11.8 Å². The number of likely N-dealkylation sites (N-methyl/N-ethyl adjacent to an activating group) is 1. The summed E-state index contributed by atoms with van der Waals surface area (Å²) in [4.78, 5) is 0. The van der Waals surface area contributed by atoms with Crippen LogP contribution in [-0.4, -0.2) is 34.9 Å². The van der Waals surface area contributed by atoms with Crippen LogP contribution in [0.5, 0.6) is 0 Å². The number of rotatable bonds is 7. The van der Waals surface area contributed by atoms with Crippen LogP contribution in [0.4, 0.5) is 0 Å². The predicted molar refractivity (Wildman–Crippen MR) is 85.0 cm³/mol. The van der Waals surface area contributed by atoms with Crippen LogP contribution in [0.15, 0.2) is 24.3 Å². The van der Waals surface area contributed by atoms with Gasteiger partial charge in [-0.05, 0) is 38.5 Å². The van der Waals surface area contributed by atoms with Crippen LogP contribution in [0.25, 0.3) is 10.9 Å². The van der Waals surface area contributed by atoms with Crippen molar-refractivity contribution in [3.63, 3.8) is 0 Å². The SMILES string of the molecule is CCn1nc(CC(CCSC)NC)c2ccccc21. The molecule has 1 atom stereocenters. The minimum atomic E-state index is 0.510. The molecule has 19 heavy (non-hydrogen) atoms. The standard InChI is InChI=1S/C15H23N3S/c1-4-18-15-8-6-5-7-13(15)14(17-18)11-12(16-2)9-10-19-3/h5-8,12,16H,4,9-11H2,1-3H3. The highest BCUT2D eigenvalue weighted by atomic mass is 32.2. The molecule has 0 fully saturated rings. The predicted octanol–water partition coefficient (Wildman–Crippen LogP) is 2.94. The maximum atomic E-state index is 4.77. The lowest BCUT2D eigenvalue weighted by molar-refractivity contribution is 0.535. The summed E-state index contributed by atoms with van der Waals surface area (Å²) in [5.74, 6) is 1.19. The quantitative estimate of drug-likeness (QED) is 0.844. The molecule has 0 aliphatic rings. The number of hydrogen-bond donors (Lipinski definition) is 1. The minimum absolute atomic E-state index is 0.510. The van der Waals surface area contributed by atoms with Gasteiger partial charge in [-0.1, -0.05) is 18.2 Å². The van der Waals surface area contributed by atoms with Crippen LogP contribution in [-0.2, 0) is 13.0 Å². The van der Waals surface area contributed by atoms with E-state index in [-0.39, 0.29) is 0 Å². The summed E-state index contributed by atoms with van der Waals surface area (Å²) in [6, 6.07) is 9.04. The van der Waals surface area contributed by atoms with E-state index in [0.717, 1.165) is 13.0 Å². The first-order chi connectivity index (χ1) is 9.30. The topological polar surface area (TPSA) is 29.9 Å². The number of hydrogen-bond acceptors (Lipinski definition) is 3. The third-order valence-corrected chi connectivity index (χ3v) is 4.20. The van der Waals surface area contributed by atoms with Crippen LogP contribution in [0.1, 0.15) is 19.0 Å². The fourth-order valence-corrected chi connectivity index (χ4v) is 2.95. The minimum Gasteiger partial charge on any atom is -0.317 e. The van der Waals surface area contributed by atoms with Gasteiger partial charge in [-0.25, -0.2) is 0 Å². The molecule has 2 rings (SSSR count). The van der Waals surface area contributed by atoms with E-state index < -0.39 is 0 Å². The molecule has 1 aromatic heterocycles. The van der Waals surface area contributed by atoms with E-state index in [1.165, 1.54) is 28.8 Å². The first-order valence-corrected chi connectivity index (χ1v) is 8.30. The Bertz CT molecular complexity index is 521. The average molecular weight is 277 g/mol. The molecular weight excluding hydrogens is 254 g/mol. The molecule has 0 radical (unpaired) electrons. The van der Waals surface area contributed by atoms with Crippen molar-refractivity contribution in [2.45, 2.75) is 32.4 Å². The maximum absolute atomic E-state index is 4.77. The molecule has 1 heterocycles. The Morgan fingerprint density at radius 1 is 1.37 bits per heavy atom. The Kier molecular flexibility index (Phi) is 5.28. The Hall–Kier alpha value is -1.00. The Balaban J connectivity index is 2.24. The molecule has 0 bridgehead atoms. The summed E-state index contributed by atoms with van der Waals surface area (Å²) in [5, 5.41) is 9.49. The lowest BCUT2D eigenvalue weighted by atomic mass is 10.1. The summed E-state index contributed by atoms with van der Waals surface area (Å²) in [7, 11) is 2.05. The van der Waals surface area contributed by atoms with E-state index >= 15 is 0 Å². The number of thioether (sulfide) groups is 1. The van der Waals surface area contributed by atoms with Crippen molar-refractivity contribution in [2.75, 3.05) is 19.1 Å². The van der Waals surface area contributed by atoms with Crippen molar-refractivity contribution in [1.82, 2.24) is 15.1 Å². The highest BCUT2D eigenvalue weighted by Crippen LogP contribution is 2.20. The second kappa shape index (κ2) is 6.96. The highest BCUT2D eigenvalue weighted by Gasteiger charge is 2.13. The van der Waals surface area contributed by atoms with E-state index in [4.69, 9.17) is 5.10 Å². The number of nitrogens with zero attached hydrogens (tertiary/aromatic N) is 2. The van der Waals surface area contributed by atoms with Gasteiger partial charge in [0, 0.05) is 24.4 Å². The van der Waals surface area contributed by atoms with Gasteiger partial charge in [0.2, 0.25) is 0 Å². The van der Waals surface area contributed by atoms with Gasteiger partial charge in [-0.2, -0.15) is 16.9 Å². The molecule has 1 aromatic carbocycles. The molecule has 0 amide bonds. The molecule has 0 saturated carbocycles. The number of benzene rings is 1. The lowest BCUT2D eigenvalue weighted by Gasteiger charge is -2.14. The largest absolute Gasteiger partial charge is 0.317 e. The molecular formula is C15H23N3S. The zero-order valence-corrected chi connectivity index (χ0v) is 12.8. The zero-order chi connectivity index (χ0) is 13.7. The number of aryl methyl sites for hydroxylation is 1. The maximum Gasteiger partial charge on any atom is 0.0718 e. The average Bonchev–Trinajstić information content (AvgIpc) is 2.81. The van der Waals surface area contributed by atoms with Gasteiger partial charge in [-0.3, -0.25) is 4.68 Å². The molecule has 3 nitrogen and oxygen atoms in total. The normalized spacial score (nSPS) is 13.0. The van der Waals surface area contributed by atoms with E-state index in [1.807, 2.05) is 18.8 Å². The zero-order valence-electron chi connectivity index (χ0n) is 12.0. The smallest absolute Gasteiger partial charge is 0.0718 e. The van der Waals surface area contributed by atoms with Gasteiger partial charge in [0.15, 0.2) is 0 Å². The first kappa shape index (κ1) is 14.4. The summed E-state index contributed by atoms with van der Waals surface area (Å²) in [6.45, 7) is 3.07. The monoisotopic (exact) mass is 277 g/mol. The first-order valence-electron chi connectivity index (χ1n) is 6.90. The number of nitrogens with one attached hydrogen (secondary N) is 1. The van der Waals surface area contributed by atoms with Gasteiger partial charge < -0.3 is 5.32 Å². The second-order valence-electron chi connectivity index (χ2n) is 4.75. The highest BCUT2D eigenvalue weighted by molar-refractivity contribution is 7.98. The van der Waals surface area contributed by atoms with E-state index in [1.54, 1.807) is 0 Å². The molecule has 0 saturated heterocycles. The van der Waals surface area contributed by atoms with Crippen LogP contribution in [0.3, 0.4) is 0 Å². The van der Waals surface area contributed by atoms with E-state index in [9.17, 15) is 0 Å². The molecule has 0 spiro atoms. The van der Waals surface area contributed by atoms with Crippen LogP contribution in [0.2, 0.25) is 0 Å². The molecule has 0 aliphatic carbocycles. The van der Waals surface area contributed by atoms with Crippen LogP contribution in [0, 0.1) is 0 Å².